The molecule has 2 unspecified atom stereocenters. The van der Waals surface area contributed by atoms with Crippen LogP contribution >= 0.6 is 0 Å². The zero-order valence-electron chi connectivity index (χ0n) is 23.0. The van der Waals surface area contributed by atoms with E-state index in [0.29, 0.717) is 30.8 Å². The lowest BCUT2D eigenvalue weighted by Crippen LogP contribution is -2.25. The first-order valence-electron chi connectivity index (χ1n) is 13.3. The standard InChI is InChI=1S/C30H42O8/c1-5-7-9-29(34)38-21-25(32)19-36-27-16-12-23(13-17-27)30(3,4)22-10-14-26(15-11-22)35-18-24(31)20-37-28(33)8-6-2/h10-17,24-25,31-32H,5-9,18-21H2,1-4H3. The van der Waals surface area contributed by atoms with Gasteiger partial charge in [-0.3, -0.25) is 9.59 Å². The van der Waals surface area contributed by atoms with Gasteiger partial charge >= 0.3 is 11.9 Å². The summed E-state index contributed by atoms with van der Waals surface area (Å²) < 4.78 is 21.4. The van der Waals surface area contributed by atoms with Crippen LogP contribution in [0.15, 0.2) is 48.5 Å². The first kappa shape index (κ1) is 31.1. The third-order valence-corrected chi connectivity index (χ3v) is 6.10. The molecule has 2 rings (SSSR count). The number of unbranched alkanes of at least 4 members (excludes halogenated alkanes) is 1. The third kappa shape index (κ3) is 10.7. The molecule has 0 aromatic heterocycles. The van der Waals surface area contributed by atoms with Crippen LogP contribution in [0.1, 0.15) is 70.9 Å². The molecule has 0 aliphatic rings. The van der Waals surface area contributed by atoms with Crippen molar-refractivity contribution in [2.45, 2.75) is 77.4 Å². The van der Waals surface area contributed by atoms with Crippen molar-refractivity contribution >= 4 is 11.9 Å². The second-order valence-electron chi connectivity index (χ2n) is 9.82. The van der Waals surface area contributed by atoms with Gasteiger partial charge in [0.25, 0.3) is 0 Å². The van der Waals surface area contributed by atoms with E-state index >= 15 is 0 Å². The van der Waals surface area contributed by atoms with E-state index in [4.69, 9.17) is 18.9 Å². The van der Waals surface area contributed by atoms with E-state index in [0.717, 1.165) is 24.0 Å². The quantitative estimate of drug-likeness (QED) is 0.286. The lowest BCUT2D eigenvalue weighted by molar-refractivity contribution is -0.148. The highest BCUT2D eigenvalue weighted by atomic mass is 16.6. The third-order valence-electron chi connectivity index (χ3n) is 6.10. The zero-order valence-corrected chi connectivity index (χ0v) is 23.0. The molecule has 2 aromatic rings. The van der Waals surface area contributed by atoms with Crippen molar-refractivity contribution in [2.24, 2.45) is 0 Å². The topological polar surface area (TPSA) is 112 Å². The summed E-state index contributed by atoms with van der Waals surface area (Å²) in [5.41, 5.74) is 1.86. The minimum Gasteiger partial charge on any atom is -0.491 e. The highest BCUT2D eigenvalue weighted by molar-refractivity contribution is 5.69. The molecule has 0 radical (unpaired) electrons. The normalized spacial score (nSPS) is 12.9. The Balaban J connectivity index is 1.83. The van der Waals surface area contributed by atoms with E-state index in [1.165, 1.54) is 0 Å². The fourth-order valence-corrected chi connectivity index (χ4v) is 3.63. The first-order valence-corrected chi connectivity index (χ1v) is 13.3. The minimum atomic E-state index is -0.894. The molecule has 0 amide bonds. The average Bonchev–Trinajstić information content (AvgIpc) is 2.92. The van der Waals surface area contributed by atoms with Gasteiger partial charge in [-0.15, -0.1) is 0 Å². The van der Waals surface area contributed by atoms with Crippen molar-refractivity contribution in [1.82, 2.24) is 0 Å². The van der Waals surface area contributed by atoms with Gasteiger partial charge in [0.1, 0.15) is 50.1 Å². The van der Waals surface area contributed by atoms with Crippen LogP contribution in [0.5, 0.6) is 11.5 Å². The van der Waals surface area contributed by atoms with Gasteiger partial charge in [0.15, 0.2) is 0 Å². The van der Waals surface area contributed by atoms with Crippen LogP contribution in [-0.2, 0) is 24.5 Å². The van der Waals surface area contributed by atoms with E-state index in [2.05, 4.69) is 13.8 Å². The van der Waals surface area contributed by atoms with Crippen molar-refractivity contribution in [1.29, 1.82) is 0 Å². The average molecular weight is 531 g/mol. The molecule has 8 nitrogen and oxygen atoms in total. The highest BCUT2D eigenvalue weighted by Gasteiger charge is 2.23. The minimum absolute atomic E-state index is 0.0274. The van der Waals surface area contributed by atoms with Gasteiger partial charge in [-0.1, -0.05) is 58.4 Å². The number of carbonyl (C=O) groups excluding carboxylic acids is 2. The molecule has 8 heteroatoms. The summed E-state index contributed by atoms with van der Waals surface area (Å²) in [6, 6.07) is 15.3. The maximum atomic E-state index is 11.6. The Hall–Kier alpha value is -3.10. The van der Waals surface area contributed by atoms with Crippen LogP contribution < -0.4 is 9.47 Å². The van der Waals surface area contributed by atoms with Gasteiger partial charge in [-0.05, 0) is 48.2 Å². The molecular weight excluding hydrogens is 488 g/mol. The van der Waals surface area contributed by atoms with E-state index < -0.39 is 12.2 Å². The number of hydrogen-bond acceptors (Lipinski definition) is 8. The number of aliphatic hydroxyl groups is 2. The number of ether oxygens (including phenoxy) is 4. The summed E-state index contributed by atoms with van der Waals surface area (Å²) in [6.07, 6.45) is 1.30. The summed E-state index contributed by atoms with van der Waals surface area (Å²) in [5, 5.41) is 20.0. The van der Waals surface area contributed by atoms with Crippen LogP contribution in [0.3, 0.4) is 0 Å². The Kier molecular flexibility index (Phi) is 13.1. The van der Waals surface area contributed by atoms with E-state index in [-0.39, 0.29) is 43.8 Å². The molecular formula is C30H42O8. The largest absolute Gasteiger partial charge is 0.491 e. The Morgan fingerprint density at radius 2 is 1.11 bits per heavy atom. The molecule has 2 N–H and O–H groups in total. The molecule has 38 heavy (non-hydrogen) atoms. The predicted molar refractivity (Wildman–Crippen MR) is 144 cm³/mol. The second kappa shape index (κ2) is 16.0. The number of benzene rings is 2. The van der Waals surface area contributed by atoms with E-state index in [1.54, 1.807) is 0 Å². The molecule has 0 aliphatic carbocycles. The number of aliphatic hydroxyl groups excluding tert-OH is 2. The van der Waals surface area contributed by atoms with Crippen molar-refractivity contribution in [3.8, 4) is 11.5 Å². The summed E-state index contributed by atoms with van der Waals surface area (Å²) in [6.45, 7) is 8.01. The summed E-state index contributed by atoms with van der Waals surface area (Å²) in [4.78, 5) is 23.0. The SMILES string of the molecule is CCCCC(=O)OCC(O)COc1ccc(C(C)(C)c2ccc(OCC(O)COC(=O)CCC)cc2)cc1. The smallest absolute Gasteiger partial charge is 0.305 e. The van der Waals surface area contributed by atoms with Gasteiger partial charge in [-0.2, -0.15) is 0 Å². The molecule has 210 valence electrons. The van der Waals surface area contributed by atoms with Crippen molar-refractivity contribution in [3.63, 3.8) is 0 Å². The van der Waals surface area contributed by atoms with Gasteiger partial charge < -0.3 is 29.2 Å². The molecule has 0 bridgehead atoms. The fraction of sp³-hybridized carbons (Fsp3) is 0.533. The Bertz CT molecular complexity index is 969. The Labute approximate surface area is 225 Å². The molecule has 2 aromatic carbocycles. The van der Waals surface area contributed by atoms with Crippen LogP contribution in [0.4, 0.5) is 0 Å². The highest BCUT2D eigenvalue weighted by Crippen LogP contribution is 2.33. The van der Waals surface area contributed by atoms with Crippen molar-refractivity contribution in [3.05, 3.63) is 59.7 Å². The lowest BCUT2D eigenvalue weighted by atomic mass is 9.78. The van der Waals surface area contributed by atoms with Gasteiger partial charge in [0, 0.05) is 18.3 Å². The number of rotatable bonds is 17. The molecule has 0 fully saturated rings. The number of carbonyl (C=O) groups is 2. The fourth-order valence-electron chi connectivity index (χ4n) is 3.63. The van der Waals surface area contributed by atoms with Gasteiger partial charge in [0.2, 0.25) is 0 Å². The molecule has 2 atom stereocenters. The monoisotopic (exact) mass is 530 g/mol. The van der Waals surface area contributed by atoms with E-state index in [9.17, 15) is 19.8 Å². The maximum Gasteiger partial charge on any atom is 0.305 e. The maximum absolute atomic E-state index is 11.6. The zero-order chi connectivity index (χ0) is 28.0. The number of hydrogen-bond donors (Lipinski definition) is 2. The predicted octanol–water partition coefficient (Wildman–Crippen LogP) is 4.57. The molecule has 0 heterocycles. The Morgan fingerprint density at radius 3 is 1.50 bits per heavy atom. The number of esters is 2. The summed E-state index contributed by atoms with van der Waals surface area (Å²) >= 11 is 0. The van der Waals surface area contributed by atoms with Crippen molar-refractivity contribution in [2.75, 3.05) is 26.4 Å². The molecule has 0 aliphatic heterocycles. The van der Waals surface area contributed by atoms with Crippen LogP contribution in [0, 0.1) is 0 Å². The molecule has 0 saturated carbocycles. The van der Waals surface area contributed by atoms with E-state index in [1.807, 2.05) is 62.4 Å². The lowest BCUT2D eigenvalue weighted by Gasteiger charge is -2.26. The van der Waals surface area contributed by atoms with Gasteiger partial charge in [0.05, 0.1) is 0 Å². The van der Waals surface area contributed by atoms with Crippen LogP contribution in [0.2, 0.25) is 0 Å². The summed E-state index contributed by atoms with van der Waals surface area (Å²) in [7, 11) is 0. The van der Waals surface area contributed by atoms with Crippen LogP contribution in [-0.4, -0.2) is 60.8 Å². The molecule has 0 spiro atoms. The molecule has 0 saturated heterocycles. The summed E-state index contributed by atoms with van der Waals surface area (Å²) in [5.74, 6) is 0.598. The Morgan fingerprint density at radius 1 is 0.684 bits per heavy atom. The van der Waals surface area contributed by atoms with Crippen molar-refractivity contribution < 1.29 is 38.7 Å². The second-order valence-corrected chi connectivity index (χ2v) is 9.82. The first-order chi connectivity index (χ1) is 18.1. The van der Waals surface area contributed by atoms with Crippen LogP contribution in [0.25, 0.3) is 0 Å². The van der Waals surface area contributed by atoms with Gasteiger partial charge in [-0.25, -0.2) is 0 Å².